The van der Waals surface area contributed by atoms with Crippen LogP contribution in [0.4, 0.5) is 0 Å². The minimum Gasteiger partial charge on any atom is -0.394 e. The molecule has 1 amide bonds. The second-order valence-corrected chi connectivity index (χ2v) is 24.7. The first-order chi connectivity index (χ1) is 41.3. The highest BCUT2D eigenvalue weighted by molar-refractivity contribution is 5.76. The van der Waals surface area contributed by atoms with Gasteiger partial charge in [-0.1, -0.05) is 336 Å². The van der Waals surface area contributed by atoms with Crippen LogP contribution in [0.2, 0.25) is 0 Å². The smallest absolute Gasteiger partial charge is 0.220 e. The highest BCUT2D eigenvalue weighted by Gasteiger charge is 2.44. The number of allylic oxidation sites excluding steroid dienone is 13. The fourth-order valence-corrected chi connectivity index (χ4v) is 11.2. The average molecular weight is 1180 g/mol. The molecule has 0 aromatic heterocycles. The van der Waals surface area contributed by atoms with Crippen molar-refractivity contribution in [1.29, 1.82) is 0 Å². The maximum Gasteiger partial charge on any atom is 0.220 e. The van der Waals surface area contributed by atoms with Crippen molar-refractivity contribution in [1.82, 2.24) is 5.32 Å². The van der Waals surface area contributed by atoms with Crippen LogP contribution in [0, 0.1) is 0 Å². The lowest BCUT2D eigenvalue weighted by Gasteiger charge is -2.40. The Morgan fingerprint density at radius 3 is 1.10 bits per heavy atom. The number of carbonyl (C=O) groups excluding carboxylic acids is 1. The van der Waals surface area contributed by atoms with E-state index in [1.54, 1.807) is 6.08 Å². The Morgan fingerprint density at radius 2 is 0.738 bits per heavy atom. The van der Waals surface area contributed by atoms with Gasteiger partial charge in [0.2, 0.25) is 5.91 Å². The third-order valence-electron chi connectivity index (χ3n) is 16.7. The van der Waals surface area contributed by atoms with Gasteiger partial charge in [-0.3, -0.25) is 4.79 Å². The first-order valence-electron chi connectivity index (χ1n) is 35.8. The average Bonchev–Trinajstić information content (AvgIpc) is 3.70. The molecule has 6 N–H and O–H groups in total. The van der Waals surface area contributed by atoms with Crippen molar-refractivity contribution >= 4 is 5.91 Å². The molecule has 0 saturated carbocycles. The van der Waals surface area contributed by atoms with Gasteiger partial charge >= 0.3 is 0 Å². The molecule has 1 saturated heterocycles. The highest BCUT2D eigenvalue weighted by Crippen LogP contribution is 2.23. The van der Waals surface area contributed by atoms with Gasteiger partial charge in [0.15, 0.2) is 6.29 Å². The van der Waals surface area contributed by atoms with Gasteiger partial charge in [0, 0.05) is 6.42 Å². The topological polar surface area (TPSA) is 149 Å². The minimum atomic E-state index is -1.57. The Bertz CT molecular complexity index is 1600. The second kappa shape index (κ2) is 63.4. The standard InChI is InChI=1S/C75H135NO8/c1-3-5-7-9-11-13-15-17-19-21-23-25-27-28-29-30-31-32-33-34-35-36-37-38-39-40-41-42-43-45-47-49-51-53-55-57-59-61-63-65-71(79)76-68(67-83-75-74(82)73(81)72(80)70(66-77)84-75)69(78)64-62-60-58-56-54-52-50-48-46-44-26-24-22-20-18-16-14-12-10-8-6-4-2/h5,7,11,13,17,19,23,25,28-29,31-32,62,64,68-70,72-75,77-78,80-82H,3-4,6,8-10,12,14-16,18,20-22,24,26-27,30,33-61,63,65-67H2,1-2H3,(H,76,79)/b7-5-,13-11-,19-17-,25-23-,29-28-,32-31-,64-62+. The van der Waals surface area contributed by atoms with E-state index in [2.05, 4.69) is 92.1 Å². The molecule has 9 heteroatoms. The monoisotopic (exact) mass is 1180 g/mol. The molecule has 1 heterocycles. The Morgan fingerprint density at radius 1 is 0.417 bits per heavy atom. The van der Waals surface area contributed by atoms with Gasteiger partial charge in [0.25, 0.3) is 0 Å². The SMILES string of the molecule is CC/C=C\C/C=C\C/C=C\C/C=C\C/C=C\C/C=C\CCCCCCCCCCCCCCCCCCCCCCC(=O)NC(COC1OC(CO)C(O)C(O)C1O)C(O)/C=C/CCCCCCCCCCCCCCCCCCCCCC. The van der Waals surface area contributed by atoms with Crippen molar-refractivity contribution in [2.24, 2.45) is 0 Å². The van der Waals surface area contributed by atoms with Gasteiger partial charge in [-0.05, 0) is 70.6 Å². The number of hydrogen-bond acceptors (Lipinski definition) is 8. The van der Waals surface area contributed by atoms with Crippen molar-refractivity contribution in [3.63, 3.8) is 0 Å². The molecule has 1 aliphatic rings. The predicted molar refractivity (Wildman–Crippen MR) is 359 cm³/mol. The van der Waals surface area contributed by atoms with Crippen LogP contribution in [0.25, 0.3) is 0 Å². The van der Waals surface area contributed by atoms with E-state index in [1.165, 1.54) is 231 Å². The summed E-state index contributed by atoms with van der Waals surface area (Å²) in [5.41, 5.74) is 0. The van der Waals surface area contributed by atoms with Crippen molar-refractivity contribution in [2.75, 3.05) is 13.2 Å². The molecular formula is C75H135NO8. The number of ether oxygens (including phenoxy) is 2. The lowest BCUT2D eigenvalue weighted by atomic mass is 9.99. The Kier molecular flexibility index (Phi) is 59.9. The Hall–Kier alpha value is -2.63. The Balaban J connectivity index is 2.09. The molecule has 0 aliphatic carbocycles. The predicted octanol–water partition coefficient (Wildman–Crippen LogP) is 19.7. The summed E-state index contributed by atoms with van der Waals surface area (Å²) in [6, 6.07) is -0.808. The zero-order valence-electron chi connectivity index (χ0n) is 54.6. The number of amides is 1. The van der Waals surface area contributed by atoms with E-state index in [0.29, 0.717) is 6.42 Å². The molecule has 0 aromatic rings. The molecule has 7 atom stereocenters. The molecule has 7 unspecified atom stereocenters. The first kappa shape index (κ1) is 79.4. The van der Waals surface area contributed by atoms with E-state index < -0.39 is 49.5 Å². The van der Waals surface area contributed by atoms with Crippen LogP contribution in [0.15, 0.2) is 85.1 Å². The molecule has 0 spiro atoms. The van der Waals surface area contributed by atoms with Crippen LogP contribution in [-0.4, -0.2) is 87.5 Å². The molecular weight excluding hydrogens is 1040 g/mol. The van der Waals surface area contributed by atoms with Crippen LogP contribution in [0.5, 0.6) is 0 Å². The third-order valence-corrected chi connectivity index (χ3v) is 16.7. The van der Waals surface area contributed by atoms with E-state index in [4.69, 9.17) is 9.47 Å². The number of aliphatic hydroxyl groups excluding tert-OH is 5. The number of carbonyl (C=O) groups is 1. The summed E-state index contributed by atoms with van der Waals surface area (Å²) in [6.45, 7) is 3.70. The second-order valence-electron chi connectivity index (χ2n) is 24.7. The summed E-state index contributed by atoms with van der Waals surface area (Å²) in [4.78, 5) is 13.1. The molecule has 0 bridgehead atoms. The molecule has 84 heavy (non-hydrogen) atoms. The quantitative estimate of drug-likeness (QED) is 0.0261. The zero-order valence-corrected chi connectivity index (χ0v) is 54.6. The van der Waals surface area contributed by atoms with Gasteiger partial charge < -0.3 is 40.3 Å². The van der Waals surface area contributed by atoms with E-state index in [-0.39, 0.29) is 12.5 Å². The first-order valence-corrected chi connectivity index (χ1v) is 35.8. The number of unbranched alkanes of at least 4 members (excludes halogenated alkanes) is 40. The summed E-state index contributed by atoms with van der Waals surface area (Å²) in [5.74, 6) is -0.173. The van der Waals surface area contributed by atoms with Crippen LogP contribution in [0.1, 0.15) is 328 Å². The maximum absolute atomic E-state index is 13.1. The summed E-state index contributed by atoms with van der Waals surface area (Å²) in [7, 11) is 0. The van der Waals surface area contributed by atoms with Crippen LogP contribution in [0.3, 0.4) is 0 Å². The summed E-state index contributed by atoms with van der Waals surface area (Å²) < 4.78 is 11.3. The van der Waals surface area contributed by atoms with E-state index in [9.17, 15) is 30.3 Å². The molecule has 488 valence electrons. The largest absolute Gasteiger partial charge is 0.394 e. The van der Waals surface area contributed by atoms with E-state index in [1.807, 2.05) is 6.08 Å². The van der Waals surface area contributed by atoms with Gasteiger partial charge in [-0.25, -0.2) is 0 Å². The lowest BCUT2D eigenvalue weighted by Crippen LogP contribution is -2.60. The zero-order chi connectivity index (χ0) is 60.7. The van der Waals surface area contributed by atoms with Gasteiger partial charge in [-0.2, -0.15) is 0 Å². The van der Waals surface area contributed by atoms with Crippen molar-refractivity contribution < 1.29 is 39.8 Å². The molecule has 0 aromatic carbocycles. The fourth-order valence-electron chi connectivity index (χ4n) is 11.2. The number of nitrogens with one attached hydrogen (secondary N) is 1. The molecule has 9 nitrogen and oxygen atoms in total. The number of rotatable bonds is 62. The van der Waals surface area contributed by atoms with Crippen molar-refractivity contribution in [2.45, 2.75) is 371 Å². The molecule has 1 fully saturated rings. The molecule has 1 rings (SSSR count). The number of hydrogen-bond donors (Lipinski definition) is 6. The summed E-state index contributed by atoms with van der Waals surface area (Å²) >= 11 is 0. The summed E-state index contributed by atoms with van der Waals surface area (Å²) in [6.07, 6.45) is 84.1. The molecule has 1 aliphatic heterocycles. The molecule has 0 radical (unpaired) electrons. The van der Waals surface area contributed by atoms with Gasteiger partial charge in [0.05, 0.1) is 25.4 Å². The van der Waals surface area contributed by atoms with Crippen molar-refractivity contribution in [3.05, 3.63) is 85.1 Å². The maximum atomic E-state index is 13.1. The van der Waals surface area contributed by atoms with Crippen molar-refractivity contribution in [3.8, 4) is 0 Å². The third kappa shape index (κ3) is 51.4. The van der Waals surface area contributed by atoms with Crippen LogP contribution >= 0.6 is 0 Å². The minimum absolute atomic E-state index is 0.173. The van der Waals surface area contributed by atoms with E-state index in [0.717, 1.165) is 77.0 Å². The van der Waals surface area contributed by atoms with Gasteiger partial charge in [0.1, 0.15) is 24.4 Å². The van der Waals surface area contributed by atoms with Crippen LogP contribution < -0.4 is 5.32 Å². The Labute approximate surface area is 518 Å². The lowest BCUT2D eigenvalue weighted by molar-refractivity contribution is -0.302. The fraction of sp³-hybridized carbons (Fsp3) is 0.800. The highest BCUT2D eigenvalue weighted by atomic mass is 16.7. The number of aliphatic hydroxyl groups is 5. The van der Waals surface area contributed by atoms with Crippen LogP contribution in [-0.2, 0) is 14.3 Å². The normalized spacial score (nSPS) is 18.7. The van der Waals surface area contributed by atoms with Gasteiger partial charge in [-0.15, -0.1) is 0 Å². The summed E-state index contributed by atoms with van der Waals surface area (Å²) in [5, 5.41) is 54.8. The van der Waals surface area contributed by atoms with E-state index >= 15 is 0 Å².